The van der Waals surface area contributed by atoms with Gasteiger partial charge in [0.1, 0.15) is 5.60 Å². The van der Waals surface area contributed by atoms with E-state index in [1.165, 1.54) is 23.1 Å². The van der Waals surface area contributed by atoms with Crippen molar-refractivity contribution in [2.24, 2.45) is 0 Å². The summed E-state index contributed by atoms with van der Waals surface area (Å²) in [6, 6.07) is 11.4. The molecule has 1 aliphatic heterocycles. The Hall–Kier alpha value is -2.04. The maximum atomic E-state index is 12.6. The third-order valence-electron chi connectivity index (χ3n) is 5.68. The van der Waals surface area contributed by atoms with Gasteiger partial charge in [0.25, 0.3) is 0 Å². The number of piperidine rings is 1. The number of hydrogen-bond donors (Lipinski definition) is 2. The largest absolute Gasteiger partial charge is 0.444 e. The molecule has 1 saturated heterocycles. The Balaban J connectivity index is 1.21. The van der Waals surface area contributed by atoms with Crippen LogP contribution in [0.5, 0.6) is 0 Å². The Labute approximate surface area is 235 Å². The maximum Gasteiger partial charge on any atom is 0.412 e. The standard InChI is InChI=1S/C26H30Cl2N4O3S2/c1-26(2,3)35-24(34)30-18-5-7-21-22(13-18)37-25(31-21)36-15-23(33)29-17-8-10-32(11-9-17)14-16-4-6-19(27)20(28)12-16/h4-7,12-13,17H,8-11,14-15H2,1-3H3,(H,29,33)(H,30,34). The highest BCUT2D eigenvalue weighted by atomic mass is 35.5. The molecule has 1 fully saturated rings. The number of nitrogens with one attached hydrogen (secondary N) is 2. The highest BCUT2D eigenvalue weighted by molar-refractivity contribution is 8.01. The molecule has 0 atom stereocenters. The lowest BCUT2D eigenvalue weighted by atomic mass is 10.0. The molecule has 2 amide bonds. The molecule has 37 heavy (non-hydrogen) atoms. The first-order chi connectivity index (χ1) is 17.5. The second-order valence-electron chi connectivity index (χ2n) is 9.94. The summed E-state index contributed by atoms with van der Waals surface area (Å²) >= 11 is 15.1. The summed E-state index contributed by atoms with van der Waals surface area (Å²) in [5.74, 6) is 0.325. The van der Waals surface area contributed by atoms with Crippen LogP contribution in [0.2, 0.25) is 10.0 Å². The van der Waals surface area contributed by atoms with Gasteiger partial charge >= 0.3 is 6.09 Å². The SMILES string of the molecule is CC(C)(C)OC(=O)Nc1ccc2nc(SCC(=O)NC3CCN(Cc4ccc(Cl)c(Cl)c4)CC3)sc2c1. The number of hydrogen-bond acceptors (Lipinski definition) is 7. The highest BCUT2D eigenvalue weighted by Crippen LogP contribution is 2.31. The van der Waals surface area contributed by atoms with Gasteiger partial charge in [-0.3, -0.25) is 15.0 Å². The molecule has 2 N–H and O–H groups in total. The summed E-state index contributed by atoms with van der Waals surface area (Å²) in [6.45, 7) is 8.11. The molecule has 1 aromatic heterocycles. The van der Waals surface area contributed by atoms with E-state index in [0.29, 0.717) is 21.5 Å². The number of anilines is 1. The van der Waals surface area contributed by atoms with Crippen LogP contribution in [0.1, 0.15) is 39.2 Å². The van der Waals surface area contributed by atoms with Gasteiger partial charge in [-0.1, -0.05) is 41.0 Å². The first kappa shape index (κ1) is 28.0. The first-order valence-corrected chi connectivity index (χ1v) is 14.6. The summed E-state index contributed by atoms with van der Waals surface area (Å²) in [5, 5.41) is 7.05. The summed E-state index contributed by atoms with van der Waals surface area (Å²) in [4.78, 5) is 31.6. The summed E-state index contributed by atoms with van der Waals surface area (Å²) in [5.41, 5.74) is 2.05. The second kappa shape index (κ2) is 12.2. The van der Waals surface area contributed by atoms with Crippen LogP contribution in [0.4, 0.5) is 10.5 Å². The van der Waals surface area contributed by atoms with E-state index in [1.54, 1.807) is 6.07 Å². The monoisotopic (exact) mass is 580 g/mol. The zero-order chi connectivity index (χ0) is 26.6. The van der Waals surface area contributed by atoms with Gasteiger partial charge < -0.3 is 10.1 Å². The molecular formula is C26H30Cl2N4O3S2. The number of nitrogens with zero attached hydrogens (tertiary/aromatic N) is 2. The smallest absolute Gasteiger partial charge is 0.412 e. The number of thioether (sulfide) groups is 1. The van der Waals surface area contributed by atoms with E-state index in [-0.39, 0.29) is 11.9 Å². The number of thiazole rings is 1. The lowest BCUT2D eigenvalue weighted by Gasteiger charge is -2.32. The molecule has 0 radical (unpaired) electrons. The fourth-order valence-electron chi connectivity index (χ4n) is 3.99. The van der Waals surface area contributed by atoms with Gasteiger partial charge in [0.2, 0.25) is 5.91 Å². The topological polar surface area (TPSA) is 83.6 Å². The molecular weight excluding hydrogens is 551 g/mol. The number of carbonyl (C=O) groups excluding carboxylic acids is 2. The third-order valence-corrected chi connectivity index (χ3v) is 8.58. The summed E-state index contributed by atoms with van der Waals surface area (Å²) in [7, 11) is 0. The van der Waals surface area contributed by atoms with Crippen molar-refractivity contribution in [1.29, 1.82) is 0 Å². The van der Waals surface area contributed by atoms with Gasteiger partial charge in [0.05, 0.1) is 26.0 Å². The summed E-state index contributed by atoms with van der Waals surface area (Å²) in [6.07, 6.45) is 1.32. The highest BCUT2D eigenvalue weighted by Gasteiger charge is 2.21. The van der Waals surface area contributed by atoms with Crippen LogP contribution < -0.4 is 10.6 Å². The van der Waals surface area contributed by atoms with E-state index in [0.717, 1.165) is 52.6 Å². The Morgan fingerprint density at radius 3 is 2.59 bits per heavy atom. The number of aromatic nitrogens is 1. The van der Waals surface area contributed by atoms with Crippen molar-refractivity contribution >= 4 is 74.2 Å². The molecule has 0 saturated carbocycles. The first-order valence-electron chi connectivity index (χ1n) is 12.0. The van der Waals surface area contributed by atoms with Crippen LogP contribution in [0.15, 0.2) is 40.7 Å². The molecule has 3 aromatic rings. The number of halogens is 2. The fraction of sp³-hybridized carbons (Fsp3) is 0.423. The molecule has 2 aromatic carbocycles. The van der Waals surface area contributed by atoms with E-state index in [9.17, 15) is 9.59 Å². The van der Waals surface area contributed by atoms with Gasteiger partial charge in [0.15, 0.2) is 4.34 Å². The number of fused-ring (bicyclic) bond motifs is 1. The normalized spacial score (nSPS) is 15.1. The van der Waals surface area contributed by atoms with Gasteiger partial charge in [-0.2, -0.15) is 0 Å². The van der Waals surface area contributed by atoms with E-state index in [1.807, 2.05) is 51.1 Å². The number of likely N-dealkylation sites (tertiary alicyclic amines) is 1. The van der Waals surface area contributed by atoms with Crippen molar-refractivity contribution < 1.29 is 14.3 Å². The van der Waals surface area contributed by atoms with Crippen LogP contribution in [0.3, 0.4) is 0 Å². The molecule has 198 valence electrons. The Morgan fingerprint density at radius 2 is 1.89 bits per heavy atom. The van der Waals surface area contributed by atoms with Gasteiger partial charge in [-0.25, -0.2) is 9.78 Å². The number of ether oxygens (including phenoxy) is 1. The van der Waals surface area contributed by atoms with Crippen LogP contribution >= 0.6 is 46.3 Å². The Kier molecular flexibility index (Phi) is 9.24. The molecule has 0 unspecified atom stereocenters. The van der Waals surface area contributed by atoms with Crippen LogP contribution in [-0.2, 0) is 16.1 Å². The third kappa shape index (κ3) is 8.48. The molecule has 0 aliphatic carbocycles. The van der Waals surface area contributed by atoms with Crippen LogP contribution in [-0.4, -0.2) is 52.4 Å². The van der Waals surface area contributed by atoms with Crippen molar-refractivity contribution in [1.82, 2.24) is 15.2 Å². The minimum atomic E-state index is -0.563. The molecule has 0 bridgehead atoms. The summed E-state index contributed by atoms with van der Waals surface area (Å²) < 4.78 is 7.06. The van der Waals surface area contributed by atoms with Crippen molar-refractivity contribution in [3.63, 3.8) is 0 Å². The Bertz CT molecular complexity index is 1270. The number of amides is 2. The lowest BCUT2D eigenvalue weighted by molar-refractivity contribution is -0.119. The number of benzene rings is 2. The minimum Gasteiger partial charge on any atom is -0.444 e. The quantitative estimate of drug-likeness (QED) is 0.298. The van der Waals surface area contributed by atoms with Crippen molar-refractivity contribution in [3.8, 4) is 0 Å². The predicted octanol–water partition coefficient (Wildman–Crippen LogP) is 6.82. The zero-order valence-electron chi connectivity index (χ0n) is 21.0. The number of rotatable bonds is 7. The predicted molar refractivity (Wildman–Crippen MR) is 153 cm³/mol. The second-order valence-corrected chi connectivity index (χ2v) is 13.0. The minimum absolute atomic E-state index is 0.0134. The van der Waals surface area contributed by atoms with Gasteiger partial charge in [-0.05, 0) is 69.5 Å². The molecule has 2 heterocycles. The molecule has 0 spiro atoms. The van der Waals surface area contributed by atoms with Gasteiger partial charge in [0, 0.05) is 31.4 Å². The average Bonchev–Trinajstić information content (AvgIpc) is 3.22. The number of carbonyl (C=O) groups is 2. The molecule has 1 aliphatic rings. The van der Waals surface area contributed by atoms with E-state index in [4.69, 9.17) is 27.9 Å². The lowest BCUT2D eigenvalue weighted by Crippen LogP contribution is -2.44. The van der Waals surface area contributed by atoms with E-state index >= 15 is 0 Å². The molecule has 4 rings (SSSR count). The Morgan fingerprint density at radius 1 is 1.14 bits per heavy atom. The van der Waals surface area contributed by atoms with E-state index in [2.05, 4.69) is 20.5 Å². The van der Waals surface area contributed by atoms with Crippen molar-refractivity contribution in [2.75, 3.05) is 24.2 Å². The maximum absolute atomic E-state index is 12.6. The van der Waals surface area contributed by atoms with Gasteiger partial charge in [-0.15, -0.1) is 11.3 Å². The van der Waals surface area contributed by atoms with Crippen LogP contribution in [0.25, 0.3) is 10.2 Å². The molecule has 7 nitrogen and oxygen atoms in total. The van der Waals surface area contributed by atoms with Crippen molar-refractivity contribution in [2.45, 2.75) is 56.1 Å². The molecule has 11 heteroatoms. The van der Waals surface area contributed by atoms with Crippen molar-refractivity contribution in [3.05, 3.63) is 52.0 Å². The van der Waals surface area contributed by atoms with Crippen LogP contribution in [0, 0.1) is 0 Å². The fourth-order valence-corrected chi connectivity index (χ4v) is 6.23. The zero-order valence-corrected chi connectivity index (χ0v) is 24.1. The van der Waals surface area contributed by atoms with E-state index < -0.39 is 11.7 Å². The average molecular weight is 582 g/mol.